The van der Waals surface area contributed by atoms with Crippen molar-refractivity contribution in [1.82, 2.24) is 9.97 Å². The molecule has 0 aliphatic heterocycles. The summed E-state index contributed by atoms with van der Waals surface area (Å²) in [6, 6.07) is 10.7. The Balaban J connectivity index is 1.88. The molecule has 0 spiro atoms. The monoisotopic (exact) mass is 365 g/mol. The zero-order valence-electron chi connectivity index (χ0n) is 14.2. The number of H-pyrrole nitrogens is 1. The highest BCUT2D eigenvalue weighted by molar-refractivity contribution is 6.08. The minimum Gasteiger partial charge on any atom is -0.481 e. The molecule has 1 aliphatic rings. The Morgan fingerprint density at radius 2 is 2.00 bits per heavy atom. The largest absolute Gasteiger partial charge is 0.481 e. The summed E-state index contributed by atoms with van der Waals surface area (Å²) in [5, 5.41) is 12.5. The smallest absolute Gasteiger partial charge is 0.307 e. The minimum absolute atomic E-state index is 0.0814. The Kier molecular flexibility index (Phi) is 4.19. The summed E-state index contributed by atoms with van der Waals surface area (Å²) in [7, 11) is 0. The number of carboxylic acid groups (broad SMARTS) is 1. The number of pyridine rings is 1. The van der Waals surface area contributed by atoms with Crippen LogP contribution in [0.5, 0.6) is 0 Å². The van der Waals surface area contributed by atoms with Gasteiger partial charge in [-0.05, 0) is 18.2 Å². The number of aromatic amines is 1. The van der Waals surface area contributed by atoms with Crippen LogP contribution in [-0.2, 0) is 11.2 Å². The van der Waals surface area contributed by atoms with E-state index < -0.39 is 17.7 Å². The Morgan fingerprint density at radius 3 is 2.70 bits per heavy atom. The van der Waals surface area contributed by atoms with Crippen molar-refractivity contribution in [3.05, 3.63) is 65.9 Å². The van der Waals surface area contributed by atoms with E-state index in [1.807, 2.05) is 30.3 Å². The number of fused-ring (bicyclic) bond motifs is 1. The molecule has 1 aliphatic carbocycles. The van der Waals surface area contributed by atoms with Gasteiger partial charge < -0.3 is 15.4 Å². The van der Waals surface area contributed by atoms with Gasteiger partial charge in [-0.1, -0.05) is 18.2 Å². The first-order valence-electron chi connectivity index (χ1n) is 8.47. The van der Waals surface area contributed by atoms with Gasteiger partial charge in [0.1, 0.15) is 0 Å². The summed E-state index contributed by atoms with van der Waals surface area (Å²) < 4.78 is 14.4. The van der Waals surface area contributed by atoms with Gasteiger partial charge in [0, 0.05) is 36.0 Å². The molecule has 0 fully saturated rings. The zero-order valence-corrected chi connectivity index (χ0v) is 14.2. The summed E-state index contributed by atoms with van der Waals surface area (Å²) >= 11 is 0. The van der Waals surface area contributed by atoms with Crippen LogP contribution in [0.1, 0.15) is 22.5 Å². The maximum Gasteiger partial charge on any atom is 0.307 e. The molecule has 3 aromatic rings. The second kappa shape index (κ2) is 6.68. The number of hydrogen-bond donors (Lipinski definition) is 3. The van der Waals surface area contributed by atoms with Gasteiger partial charge in [0.25, 0.3) is 0 Å². The minimum atomic E-state index is -1.02. The first kappa shape index (κ1) is 17.0. The molecule has 0 saturated carbocycles. The van der Waals surface area contributed by atoms with Crippen molar-refractivity contribution in [2.24, 2.45) is 5.92 Å². The molecule has 0 radical (unpaired) electrons. The van der Waals surface area contributed by atoms with Crippen LogP contribution in [0, 0.1) is 11.7 Å². The molecule has 2 heterocycles. The predicted octanol–water partition coefficient (Wildman–Crippen LogP) is 3.79. The fourth-order valence-electron chi connectivity index (χ4n) is 3.40. The molecule has 0 saturated heterocycles. The second-order valence-electron chi connectivity index (χ2n) is 6.44. The van der Waals surface area contributed by atoms with Crippen molar-refractivity contribution in [2.75, 3.05) is 5.32 Å². The third kappa shape index (κ3) is 3.08. The van der Waals surface area contributed by atoms with Gasteiger partial charge in [-0.15, -0.1) is 0 Å². The van der Waals surface area contributed by atoms with Crippen LogP contribution in [0.15, 0.2) is 48.8 Å². The SMILES string of the molecule is O=C1C[C@@H](C(=O)O)Cc2[nH]c(-c3ccncc3F)c(Nc3ccccc3)c21. The fraction of sp³-hybridized carbons (Fsp3) is 0.150. The normalized spacial score (nSPS) is 16.0. The number of rotatable bonds is 4. The second-order valence-corrected chi connectivity index (χ2v) is 6.44. The number of carbonyl (C=O) groups excluding carboxylic acids is 1. The molecular formula is C20H16FN3O3. The van der Waals surface area contributed by atoms with Crippen molar-refractivity contribution in [1.29, 1.82) is 0 Å². The van der Waals surface area contributed by atoms with Crippen LogP contribution >= 0.6 is 0 Å². The number of nitrogens with zero attached hydrogens (tertiary/aromatic N) is 1. The average Bonchev–Trinajstić information content (AvgIpc) is 3.01. The summed E-state index contributed by atoms with van der Waals surface area (Å²) in [5.41, 5.74) is 2.75. The number of halogens is 1. The molecule has 0 bridgehead atoms. The van der Waals surface area contributed by atoms with Crippen LogP contribution in [-0.4, -0.2) is 26.8 Å². The van der Waals surface area contributed by atoms with E-state index in [0.29, 0.717) is 22.6 Å². The Labute approximate surface area is 154 Å². The number of carboxylic acids is 1. The third-order valence-electron chi connectivity index (χ3n) is 4.67. The lowest BCUT2D eigenvalue weighted by molar-refractivity contribution is -0.141. The first-order valence-corrected chi connectivity index (χ1v) is 8.47. The lowest BCUT2D eigenvalue weighted by atomic mass is 9.86. The highest BCUT2D eigenvalue weighted by Crippen LogP contribution is 2.40. The zero-order chi connectivity index (χ0) is 19.0. The predicted molar refractivity (Wildman–Crippen MR) is 97.5 cm³/mol. The van der Waals surface area contributed by atoms with Gasteiger partial charge in [0.2, 0.25) is 0 Å². The van der Waals surface area contributed by atoms with Crippen molar-refractivity contribution in [2.45, 2.75) is 12.8 Å². The number of hydrogen-bond acceptors (Lipinski definition) is 4. The van der Waals surface area contributed by atoms with Gasteiger partial charge in [0.05, 0.1) is 29.1 Å². The Hall–Kier alpha value is -3.48. The number of aliphatic carboxylic acids is 1. The summed E-state index contributed by atoms with van der Waals surface area (Å²) in [4.78, 5) is 30.9. The molecule has 2 aromatic heterocycles. The quantitative estimate of drug-likeness (QED) is 0.654. The van der Waals surface area contributed by atoms with Crippen LogP contribution in [0.3, 0.4) is 0 Å². The number of anilines is 2. The summed E-state index contributed by atoms with van der Waals surface area (Å²) in [5.74, 6) is -2.62. The van der Waals surface area contributed by atoms with Crippen LogP contribution < -0.4 is 5.32 Å². The van der Waals surface area contributed by atoms with Crippen molar-refractivity contribution in [3.63, 3.8) is 0 Å². The van der Waals surface area contributed by atoms with Gasteiger partial charge in [-0.2, -0.15) is 0 Å². The van der Waals surface area contributed by atoms with E-state index in [0.717, 1.165) is 11.9 Å². The molecule has 136 valence electrons. The number of benzene rings is 1. The lowest BCUT2D eigenvalue weighted by Gasteiger charge is -2.18. The molecule has 1 aromatic carbocycles. The standard InChI is InChI=1S/C20H16FN3O3/c21-14-10-22-7-6-13(14)18-19(23-12-4-2-1-3-5-12)17-15(24-18)8-11(20(26)27)9-16(17)25/h1-7,10-11,23-24H,8-9H2,(H,26,27)/t11-/m0/s1. The molecule has 1 atom stereocenters. The molecule has 0 amide bonds. The maximum atomic E-state index is 14.4. The molecule has 3 N–H and O–H groups in total. The van der Waals surface area contributed by atoms with E-state index in [-0.39, 0.29) is 24.2 Å². The molecule has 27 heavy (non-hydrogen) atoms. The van der Waals surface area contributed by atoms with Crippen molar-refractivity contribution in [3.8, 4) is 11.3 Å². The molecule has 7 heteroatoms. The van der Waals surface area contributed by atoms with E-state index in [2.05, 4.69) is 15.3 Å². The third-order valence-corrected chi connectivity index (χ3v) is 4.67. The summed E-state index contributed by atoms with van der Waals surface area (Å²) in [6.07, 6.45) is 2.67. The van der Waals surface area contributed by atoms with E-state index in [9.17, 15) is 19.1 Å². The molecule has 0 unspecified atom stereocenters. The molecule has 6 nitrogen and oxygen atoms in total. The van der Waals surface area contributed by atoms with E-state index >= 15 is 0 Å². The van der Waals surface area contributed by atoms with Gasteiger partial charge in [-0.25, -0.2) is 4.39 Å². The Morgan fingerprint density at radius 1 is 1.22 bits per heavy atom. The number of aromatic nitrogens is 2. The van der Waals surface area contributed by atoms with Crippen LogP contribution in [0.2, 0.25) is 0 Å². The average molecular weight is 365 g/mol. The number of para-hydroxylation sites is 1. The van der Waals surface area contributed by atoms with Gasteiger partial charge >= 0.3 is 5.97 Å². The van der Waals surface area contributed by atoms with E-state index in [4.69, 9.17) is 0 Å². The fourth-order valence-corrected chi connectivity index (χ4v) is 3.40. The highest BCUT2D eigenvalue weighted by Gasteiger charge is 2.35. The maximum absolute atomic E-state index is 14.4. The Bertz CT molecular complexity index is 1030. The number of nitrogens with one attached hydrogen (secondary N) is 2. The van der Waals surface area contributed by atoms with Crippen LogP contribution in [0.4, 0.5) is 15.8 Å². The summed E-state index contributed by atoms with van der Waals surface area (Å²) in [6.45, 7) is 0. The van der Waals surface area contributed by atoms with Crippen molar-refractivity contribution >= 4 is 23.1 Å². The topological polar surface area (TPSA) is 95.1 Å². The lowest BCUT2D eigenvalue weighted by Crippen LogP contribution is -2.26. The molecule has 4 rings (SSSR count). The number of ketones is 1. The van der Waals surface area contributed by atoms with E-state index in [1.54, 1.807) is 0 Å². The highest BCUT2D eigenvalue weighted by atomic mass is 19.1. The van der Waals surface area contributed by atoms with Gasteiger partial charge in [0.15, 0.2) is 11.6 Å². The number of carbonyl (C=O) groups is 2. The molecular weight excluding hydrogens is 349 g/mol. The first-order chi connectivity index (χ1) is 13.0. The van der Waals surface area contributed by atoms with Crippen LogP contribution in [0.25, 0.3) is 11.3 Å². The van der Waals surface area contributed by atoms with Gasteiger partial charge in [-0.3, -0.25) is 14.6 Å². The van der Waals surface area contributed by atoms with Crippen molar-refractivity contribution < 1.29 is 19.1 Å². The number of Topliss-reactive ketones (excluding diaryl/α,β-unsaturated/α-hetero) is 1. The van der Waals surface area contributed by atoms with E-state index in [1.165, 1.54) is 12.3 Å².